The molecule has 0 fully saturated rings. The first-order valence-corrected chi connectivity index (χ1v) is 5.10. The molecule has 3 N–H and O–H groups in total. The van der Waals surface area contributed by atoms with E-state index in [9.17, 15) is 4.79 Å². The predicted octanol–water partition coefficient (Wildman–Crippen LogP) is -0.203. The highest BCUT2D eigenvalue weighted by Gasteiger charge is 2.11. The average Bonchev–Trinajstić information content (AvgIpc) is 2.94. The van der Waals surface area contributed by atoms with Gasteiger partial charge in [0, 0.05) is 7.05 Å². The third-order valence-electron chi connectivity index (χ3n) is 2.14. The van der Waals surface area contributed by atoms with Crippen LogP contribution in [0.4, 0.5) is 0 Å². The van der Waals surface area contributed by atoms with Crippen LogP contribution in [0.25, 0.3) is 0 Å². The fraction of sp³-hybridized carbons (Fsp3) is 0.300. The summed E-state index contributed by atoms with van der Waals surface area (Å²) in [6.07, 6.45) is 1.57. The van der Waals surface area contributed by atoms with E-state index in [-0.39, 0.29) is 24.8 Å². The van der Waals surface area contributed by atoms with Crippen molar-refractivity contribution in [2.75, 3.05) is 0 Å². The monoisotopic (exact) mass is 235 g/mol. The molecule has 0 radical (unpaired) electrons. The van der Waals surface area contributed by atoms with Crippen LogP contribution in [0, 0.1) is 0 Å². The second-order valence-corrected chi connectivity index (χ2v) is 3.49. The second-order valence-electron chi connectivity index (χ2n) is 3.49. The van der Waals surface area contributed by atoms with Gasteiger partial charge in [0.25, 0.3) is 5.91 Å². The minimum absolute atomic E-state index is 0.237. The highest BCUT2D eigenvalue weighted by Crippen LogP contribution is 2.06. The van der Waals surface area contributed by atoms with Crippen molar-refractivity contribution < 1.29 is 9.21 Å². The molecule has 2 rings (SSSR count). The molecule has 0 atom stereocenters. The molecular formula is C10H13N5O2. The molecule has 0 bridgehead atoms. The van der Waals surface area contributed by atoms with Crippen LogP contribution in [-0.2, 0) is 20.1 Å². The van der Waals surface area contributed by atoms with Crippen LogP contribution in [0.15, 0.2) is 22.9 Å². The Morgan fingerprint density at radius 1 is 1.59 bits per heavy atom. The zero-order valence-electron chi connectivity index (χ0n) is 9.38. The van der Waals surface area contributed by atoms with Gasteiger partial charge in [-0.05, 0) is 12.1 Å². The number of aromatic nitrogens is 3. The van der Waals surface area contributed by atoms with Crippen molar-refractivity contribution in [3.8, 4) is 0 Å². The Bertz CT molecular complexity index is 516. The van der Waals surface area contributed by atoms with E-state index < -0.39 is 0 Å². The van der Waals surface area contributed by atoms with Gasteiger partial charge in [-0.3, -0.25) is 9.48 Å². The molecule has 0 saturated carbocycles. The van der Waals surface area contributed by atoms with Crippen LogP contribution in [0.5, 0.6) is 0 Å². The van der Waals surface area contributed by atoms with Gasteiger partial charge in [-0.1, -0.05) is 0 Å². The van der Waals surface area contributed by atoms with E-state index in [1.165, 1.54) is 0 Å². The largest absolute Gasteiger partial charge is 0.455 e. The Hall–Kier alpha value is -2.15. The lowest BCUT2D eigenvalue weighted by Crippen LogP contribution is -2.23. The molecule has 0 aliphatic rings. The number of hydrogen-bond acceptors (Lipinski definition) is 5. The van der Waals surface area contributed by atoms with Crippen molar-refractivity contribution in [1.82, 2.24) is 20.1 Å². The van der Waals surface area contributed by atoms with E-state index in [1.54, 1.807) is 30.2 Å². The number of nitrogens with two attached hydrogens (primary N) is 1. The van der Waals surface area contributed by atoms with Gasteiger partial charge in [0.15, 0.2) is 11.6 Å². The molecule has 0 aliphatic heterocycles. The summed E-state index contributed by atoms with van der Waals surface area (Å²) in [6, 6.07) is 3.26. The molecular weight excluding hydrogens is 222 g/mol. The van der Waals surface area contributed by atoms with Crippen molar-refractivity contribution in [2.45, 2.75) is 13.1 Å². The van der Waals surface area contributed by atoms with Crippen molar-refractivity contribution >= 4 is 5.91 Å². The Morgan fingerprint density at radius 3 is 3.00 bits per heavy atom. The van der Waals surface area contributed by atoms with Crippen LogP contribution < -0.4 is 11.1 Å². The Kier molecular flexibility index (Phi) is 3.20. The van der Waals surface area contributed by atoms with Crippen LogP contribution >= 0.6 is 0 Å². The first-order chi connectivity index (χ1) is 8.19. The van der Waals surface area contributed by atoms with E-state index >= 15 is 0 Å². The minimum atomic E-state index is -0.308. The highest BCUT2D eigenvalue weighted by atomic mass is 16.4. The fourth-order valence-electron chi connectivity index (χ4n) is 1.32. The quantitative estimate of drug-likeness (QED) is 0.764. The maximum Gasteiger partial charge on any atom is 0.287 e. The molecule has 90 valence electrons. The molecule has 2 aromatic rings. The number of furan rings is 1. The molecule has 0 saturated heterocycles. The maximum atomic E-state index is 11.6. The maximum absolute atomic E-state index is 11.6. The highest BCUT2D eigenvalue weighted by molar-refractivity contribution is 5.91. The number of hydrogen-bond donors (Lipinski definition) is 2. The molecule has 0 spiro atoms. The fourth-order valence-corrected chi connectivity index (χ4v) is 1.32. The summed E-state index contributed by atoms with van der Waals surface area (Å²) in [4.78, 5) is 15.6. The number of amides is 1. The first kappa shape index (κ1) is 11.3. The van der Waals surface area contributed by atoms with E-state index in [2.05, 4.69) is 15.4 Å². The molecule has 2 heterocycles. The molecule has 0 unspecified atom stereocenters. The van der Waals surface area contributed by atoms with E-state index in [0.29, 0.717) is 11.6 Å². The Labute approximate surface area is 97.6 Å². The summed E-state index contributed by atoms with van der Waals surface area (Å²) in [7, 11) is 1.76. The van der Waals surface area contributed by atoms with Gasteiger partial charge in [0.2, 0.25) is 0 Å². The van der Waals surface area contributed by atoms with Crippen molar-refractivity contribution in [1.29, 1.82) is 0 Å². The van der Waals surface area contributed by atoms with E-state index in [0.717, 1.165) is 0 Å². The standard InChI is InChI=1S/C10H13N5O2/c1-15-6-13-9(14-15)5-12-10(16)8-3-2-7(4-11)17-8/h2-3,6H,4-5,11H2,1H3,(H,12,16). The number of nitrogens with zero attached hydrogens (tertiary/aromatic N) is 3. The summed E-state index contributed by atoms with van der Waals surface area (Å²) >= 11 is 0. The summed E-state index contributed by atoms with van der Waals surface area (Å²) in [5.74, 6) is 1.05. The number of aryl methyl sites for hydroxylation is 1. The Balaban J connectivity index is 1.93. The molecule has 7 nitrogen and oxygen atoms in total. The topological polar surface area (TPSA) is 99.0 Å². The number of carbonyl (C=O) groups excluding carboxylic acids is 1. The summed E-state index contributed by atoms with van der Waals surface area (Å²) in [5, 5.41) is 6.69. The van der Waals surface area contributed by atoms with Gasteiger partial charge in [0.05, 0.1) is 13.1 Å². The number of rotatable bonds is 4. The van der Waals surface area contributed by atoms with Crippen LogP contribution in [0.1, 0.15) is 22.1 Å². The van der Waals surface area contributed by atoms with Gasteiger partial charge in [-0.2, -0.15) is 5.10 Å². The van der Waals surface area contributed by atoms with Crippen LogP contribution in [-0.4, -0.2) is 20.7 Å². The summed E-state index contributed by atoms with van der Waals surface area (Å²) < 4.78 is 6.78. The summed E-state index contributed by atoms with van der Waals surface area (Å²) in [5.41, 5.74) is 5.38. The van der Waals surface area contributed by atoms with Crippen molar-refractivity contribution in [3.63, 3.8) is 0 Å². The zero-order chi connectivity index (χ0) is 12.3. The lowest BCUT2D eigenvalue weighted by Gasteiger charge is -1.99. The number of carbonyl (C=O) groups is 1. The average molecular weight is 235 g/mol. The van der Waals surface area contributed by atoms with Gasteiger partial charge < -0.3 is 15.5 Å². The zero-order valence-corrected chi connectivity index (χ0v) is 9.38. The third kappa shape index (κ3) is 2.70. The third-order valence-corrected chi connectivity index (χ3v) is 2.14. The smallest absolute Gasteiger partial charge is 0.287 e. The minimum Gasteiger partial charge on any atom is -0.455 e. The van der Waals surface area contributed by atoms with Crippen molar-refractivity contribution in [3.05, 3.63) is 35.8 Å². The van der Waals surface area contributed by atoms with Gasteiger partial charge in [-0.25, -0.2) is 4.98 Å². The molecule has 0 aliphatic carbocycles. The first-order valence-electron chi connectivity index (χ1n) is 5.10. The number of nitrogens with one attached hydrogen (secondary N) is 1. The van der Waals surface area contributed by atoms with Gasteiger partial charge in [0.1, 0.15) is 12.1 Å². The SMILES string of the molecule is Cn1cnc(CNC(=O)c2ccc(CN)o2)n1. The van der Waals surface area contributed by atoms with Gasteiger partial charge in [-0.15, -0.1) is 0 Å². The molecule has 2 aromatic heterocycles. The van der Waals surface area contributed by atoms with Gasteiger partial charge >= 0.3 is 0 Å². The Morgan fingerprint density at radius 2 is 2.41 bits per heavy atom. The lowest BCUT2D eigenvalue weighted by molar-refractivity contribution is 0.0920. The second kappa shape index (κ2) is 4.79. The lowest BCUT2D eigenvalue weighted by atomic mass is 10.4. The molecule has 7 heteroatoms. The van der Waals surface area contributed by atoms with E-state index in [1.807, 2.05) is 0 Å². The van der Waals surface area contributed by atoms with Crippen LogP contribution in [0.2, 0.25) is 0 Å². The molecule has 1 amide bonds. The van der Waals surface area contributed by atoms with Crippen LogP contribution in [0.3, 0.4) is 0 Å². The predicted molar refractivity (Wildman–Crippen MR) is 58.8 cm³/mol. The molecule has 0 aromatic carbocycles. The normalized spacial score (nSPS) is 10.5. The van der Waals surface area contributed by atoms with E-state index in [4.69, 9.17) is 10.2 Å². The van der Waals surface area contributed by atoms with Crippen molar-refractivity contribution in [2.24, 2.45) is 12.8 Å². The molecule has 17 heavy (non-hydrogen) atoms. The summed E-state index contributed by atoms with van der Waals surface area (Å²) in [6.45, 7) is 0.535.